The molecule has 0 radical (unpaired) electrons. The van der Waals surface area contributed by atoms with Crippen LogP contribution in [0.5, 0.6) is 0 Å². The lowest BCUT2D eigenvalue weighted by atomic mass is 10.1. The van der Waals surface area contributed by atoms with Gasteiger partial charge in [0.25, 0.3) is 5.79 Å². The molecule has 2 rings (SSSR count). The first-order chi connectivity index (χ1) is 10.0. The summed E-state index contributed by atoms with van der Waals surface area (Å²) in [5.41, 5.74) is 5.49. The Morgan fingerprint density at radius 3 is 2.14 bits per heavy atom. The molecule has 0 aliphatic heterocycles. The van der Waals surface area contributed by atoms with E-state index in [1.807, 2.05) is 0 Å². The summed E-state index contributed by atoms with van der Waals surface area (Å²) in [7, 11) is 0. The smallest absolute Gasteiger partial charge is 0.356 e. The largest absolute Gasteiger partial charge is 0.478 e. The fourth-order valence-corrected chi connectivity index (χ4v) is 1.84. The van der Waals surface area contributed by atoms with Crippen molar-refractivity contribution in [3.05, 3.63) is 60.2 Å². The standard InChI is InChI=1S/C9H10FNO2.C8H12/c10-9(11,8(12)13)6-7-4-2-1-3-5-7;1-2-4-6-8-7-5-3-1/h1-5H,6,11H2,(H,12,13);1-4H,5-8H2/b;3-1-,4-2-/t9-;/m0./s1. The number of aliphatic carboxylic acids is 1. The number of halogens is 1. The zero-order valence-electron chi connectivity index (χ0n) is 12.0. The van der Waals surface area contributed by atoms with Crippen LogP contribution < -0.4 is 5.73 Å². The van der Waals surface area contributed by atoms with Gasteiger partial charge in [0.2, 0.25) is 0 Å². The van der Waals surface area contributed by atoms with Gasteiger partial charge in [-0.25, -0.2) is 9.18 Å². The van der Waals surface area contributed by atoms with Crippen molar-refractivity contribution < 1.29 is 14.3 Å². The van der Waals surface area contributed by atoms with E-state index in [0.29, 0.717) is 5.56 Å². The average Bonchev–Trinajstić information content (AvgIpc) is 2.39. The fourth-order valence-electron chi connectivity index (χ4n) is 1.84. The van der Waals surface area contributed by atoms with Crippen LogP contribution in [-0.4, -0.2) is 16.9 Å². The summed E-state index contributed by atoms with van der Waals surface area (Å²) < 4.78 is 13.1. The molecule has 0 saturated heterocycles. The number of rotatable bonds is 3. The molecule has 3 N–H and O–H groups in total. The van der Waals surface area contributed by atoms with Crippen LogP contribution in [0.2, 0.25) is 0 Å². The van der Waals surface area contributed by atoms with Crippen molar-refractivity contribution in [1.29, 1.82) is 0 Å². The quantitative estimate of drug-likeness (QED) is 0.836. The van der Waals surface area contributed by atoms with Crippen LogP contribution in [0.3, 0.4) is 0 Å². The Morgan fingerprint density at radius 2 is 1.67 bits per heavy atom. The van der Waals surface area contributed by atoms with Crippen LogP contribution in [0.4, 0.5) is 4.39 Å². The number of allylic oxidation sites excluding steroid dienone is 4. The predicted molar refractivity (Wildman–Crippen MR) is 82.6 cm³/mol. The molecule has 0 heterocycles. The lowest BCUT2D eigenvalue weighted by Crippen LogP contribution is -2.45. The second-order valence-electron chi connectivity index (χ2n) is 4.97. The van der Waals surface area contributed by atoms with Crippen LogP contribution in [0.15, 0.2) is 54.6 Å². The van der Waals surface area contributed by atoms with Crippen molar-refractivity contribution in [1.82, 2.24) is 0 Å². The van der Waals surface area contributed by atoms with Gasteiger partial charge in [-0.15, -0.1) is 0 Å². The third kappa shape index (κ3) is 7.42. The van der Waals surface area contributed by atoms with E-state index in [1.165, 1.54) is 25.7 Å². The highest BCUT2D eigenvalue weighted by Gasteiger charge is 2.33. The molecule has 0 spiro atoms. The second kappa shape index (κ2) is 9.08. The van der Waals surface area contributed by atoms with E-state index in [0.717, 1.165) is 0 Å². The normalized spacial score (nSPS) is 19.9. The van der Waals surface area contributed by atoms with Crippen molar-refractivity contribution in [2.24, 2.45) is 5.73 Å². The molecule has 21 heavy (non-hydrogen) atoms. The minimum atomic E-state index is -2.68. The lowest BCUT2D eigenvalue weighted by molar-refractivity contribution is -0.150. The van der Waals surface area contributed by atoms with Gasteiger partial charge in [0.1, 0.15) is 0 Å². The Bertz CT molecular complexity index is 467. The van der Waals surface area contributed by atoms with Gasteiger partial charge in [0, 0.05) is 6.42 Å². The van der Waals surface area contributed by atoms with Gasteiger partial charge in [0.05, 0.1) is 0 Å². The number of hydrogen-bond donors (Lipinski definition) is 2. The molecule has 114 valence electrons. The number of carboxylic acids is 1. The first kappa shape index (κ1) is 17.1. The Balaban J connectivity index is 0.000000235. The van der Waals surface area contributed by atoms with Crippen LogP contribution in [0.25, 0.3) is 0 Å². The van der Waals surface area contributed by atoms with Gasteiger partial charge in [-0.3, -0.25) is 5.73 Å². The molecule has 4 heteroatoms. The highest BCUT2D eigenvalue weighted by atomic mass is 19.1. The molecule has 1 aromatic rings. The molecule has 1 atom stereocenters. The van der Waals surface area contributed by atoms with Crippen molar-refractivity contribution in [2.45, 2.75) is 37.9 Å². The predicted octanol–water partition coefficient (Wildman–Crippen LogP) is 3.61. The first-order valence-corrected chi connectivity index (χ1v) is 7.09. The Labute approximate surface area is 125 Å². The maximum absolute atomic E-state index is 13.1. The number of alkyl halides is 1. The number of benzene rings is 1. The number of nitrogens with two attached hydrogens (primary N) is 1. The number of hydrogen-bond acceptors (Lipinski definition) is 2. The van der Waals surface area contributed by atoms with Gasteiger partial charge in [-0.1, -0.05) is 54.6 Å². The second-order valence-corrected chi connectivity index (χ2v) is 4.97. The molecule has 0 bridgehead atoms. The summed E-state index contributed by atoms with van der Waals surface area (Å²) in [6, 6.07) is 8.43. The third-order valence-corrected chi connectivity index (χ3v) is 3.03. The van der Waals surface area contributed by atoms with E-state index in [9.17, 15) is 9.18 Å². The lowest BCUT2D eigenvalue weighted by Gasteiger charge is -2.14. The zero-order chi connectivity index (χ0) is 15.6. The first-order valence-electron chi connectivity index (χ1n) is 7.09. The molecular formula is C17H22FNO2. The summed E-state index contributed by atoms with van der Waals surface area (Å²) in [5.74, 6) is -4.32. The highest BCUT2D eigenvalue weighted by Crippen LogP contribution is 2.12. The summed E-state index contributed by atoms with van der Waals surface area (Å²) in [4.78, 5) is 10.3. The summed E-state index contributed by atoms with van der Waals surface area (Å²) in [6.45, 7) is 0. The molecule has 0 saturated carbocycles. The molecule has 0 fully saturated rings. The van der Waals surface area contributed by atoms with E-state index in [2.05, 4.69) is 24.3 Å². The van der Waals surface area contributed by atoms with Gasteiger partial charge in [-0.2, -0.15) is 0 Å². The minimum Gasteiger partial charge on any atom is -0.478 e. The van der Waals surface area contributed by atoms with Crippen LogP contribution in [-0.2, 0) is 11.2 Å². The fraction of sp³-hybridized carbons (Fsp3) is 0.353. The van der Waals surface area contributed by atoms with E-state index < -0.39 is 11.8 Å². The van der Waals surface area contributed by atoms with E-state index >= 15 is 0 Å². The monoisotopic (exact) mass is 291 g/mol. The van der Waals surface area contributed by atoms with E-state index in [4.69, 9.17) is 10.8 Å². The Kier molecular flexibility index (Phi) is 7.40. The molecule has 0 amide bonds. The van der Waals surface area contributed by atoms with Gasteiger partial charge in [0.15, 0.2) is 0 Å². The average molecular weight is 291 g/mol. The van der Waals surface area contributed by atoms with Crippen molar-refractivity contribution in [3.63, 3.8) is 0 Å². The molecule has 1 aliphatic carbocycles. The minimum absolute atomic E-state index is 0.316. The Hall–Kier alpha value is -1.94. The van der Waals surface area contributed by atoms with Gasteiger partial charge in [-0.05, 0) is 31.2 Å². The summed E-state index contributed by atoms with van der Waals surface area (Å²) in [5, 5.41) is 8.40. The summed E-state index contributed by atoms with van der Waals surface area (Å²) in [6.07, 6.45) is 13.7. The van der Waals surface area contributed by atoms with Crippen molar-refractivity contribution >= 4 is 5.97 Å². The molecule has 0 unspecified atom stereocenters. The van der Waals surface area contributed by atoms with Gasteiger partial charge < -0.3 is 5.11 Å². The van der Waals surface area contributed by atoms with Gasteiger partial charge >= 0.3 is 5.97 Å². The third-order valence-electron chi connectivity index (χ3n) is 3.03. The van der Waals surface area contributed by atoms with Crippen molar-refractivity contribution in [2.75, 3.05) is 0 Å². The van der Waals surface area contributed by atoms with Crippen molar-refractivity contribution in [3.8, 4) is 0 Å². The topological polar surface area (TPSA) is 63.3 Å². The Morgan fingerprint density at radius 1 is 1.14 bits per heavy atom. The van der Waals surface area contributed by atoms with E-state index in [-0.39, 0.29) is 6.42 Å². The molecule has 3 nitrogen and oxygen atoms in total. The van der Waals surface area contributed by atoms with E-state index in [1.54, 1.807) is 30.3 Å². The zero-order valence-corrected chi connectivity index (χ0v) is 12.0. The SMILES string of the molecule is C1=C\CCCC\C=C/1.N[C@@](F)(Cc1ccccc1)C(=O)O. The number of carbonyl (C=O) groups is 1. The van der Waals surface area contributed by atoms with Crippen LogP contribution >= 0.6 is 0 Å². The van der Waals surface area contributed by atoms with Crippen LogP contribution in [0, 0.1) is 0 Å². The molecule has 1 aliphatic rings. The highest BCUT2D eigenvalue weighted by molar-refractivity contribution is 5.76. The number of carboxylic acid groups (broad SMARTS) is 1. The molecular weight excluding hydrogens is 269 g/mol. The molecule has 0 aromatic heterocycles. The summed E-state index contributed by atoms with van der Waals surface area (Å²) >= 11 is 0. The maximum Gasteiger partial charge on any atom is 0.356 e. The maximum atomic E-state index is 13.1. The molecule has 1 aromatic carbocycles. The van der Waals surface area contributed by atoms with Crippen LogP contribution in [0.1, 0.15) is 31.2 Å².